The highest BCUT2D eigenvalue weighted by atomic mass is 32.2. The van der Waals surface area contributed by atoms with Crippen LogP contribution >= 0.6 is 23.5 Å². The zero-order valence-electron chi connectivity index (χ0n) is 6.40. The minimum atomic E-state index is -0.560. The molecule has 1 N–H and O–H groups in total. The first-order valence-electron chi connectivity index (χ1n) is 3.13. The highest BCUT2D eigenvalue weighted by Crippen LogP contribution is 2.23. The monoisotopic (exact) mass is 208 g/mol. The van der Waals surface area contributed by atoms with Gasteiger partial charge in [0.2, 0.25) is 0 Å². The van der Waals surface area contributed by atoms with Gasteiger partial charge in [-0.1, -0.05) is 28.7 Å². The van der Waals surface area contributed by atoms with Crippen molar-refractivity contribution < 1.29 is 14.4 Å². The van der Waals surface area contributed by atoms with Crippen molar-refractivity contribution in [1.82, 2.24) is 5.32 Å². The third-order valence-corrected chi connectivity index (χ3v) is 2.86. The van der Waals surface area contributed by atoms with Crippen molar-refractivity contribution in [2.75, 3.05) is 18.9 Å². The molecule has 12 heavy (non-hydrogen) atoms. The van der Waals surface area contributed by atoms with Crippen molar-refractivity contribution in [3.05, 3.63) is 0 Å². The summed E-state index contributed by atoms with van der Waals surface area (Å²) in [4.78, 5) is 15.0. The number of hydrogen-bond donors (Lipinski definition) is 1. The molecule has 0 aromatic rings. The Balaban J connectivity index is 2.29. The van der Waals surface area contributed by atoms with Crippen LogP contribution in [-0.2, 0) is 9.57 Å². The van der Waals surface area contributed by atoms with Crippen molar-refractivity contribution >= 4 is 34.0 Å². The molecule has 0 saturated carbocycles. The lowest BCUT2D eigenvalue weighted by Crippen LogP contribution is -2.17. The molecule has 0 aromatic carbocycles. The third-order valence-electron chi connectivity index (χ3n) is 0.939. The van der Waals surface area contributed by atoms with E-state index in [0.717, 1.165) is 0 Å². The molecule has 5 nitrogen and oxygen atoms in total. The topological polar surface area (TPSA) is 59.9 Å². The molecule has 0 atom stereocenters. The molecule has 0 unspecified atom stereocenters. The van der Waals surface area contributed by atoms with Gasteiger partial charge in [-0.15, -0.1) is 0 Å². The highest BCUT2D eigenvalue weighted by molar-refractivity contribution is 8.39. The lowest BCUT2D eigenvalue weighted by Gasteiger charge is -2.10. The van der Waals surface area contributed by atoms with Crippen LogP contribution in [0.5, 0.6) is 0 Å². The van der Waals surface area contributed by atoms with Crippen molar-refractivity contribution in [3.8, 4) is 0 Å². The number of nitrogens with zero attached hydrogens (tertiary/aromatic N) is 1. The second-order valence-electron chi connectivity index (χ2n) is 1.71. The number of nitrogens with one attached hydrogen (secondary N) is 1. The van der Waals surface area contributed by atoms with Crippen LogP contribution in [0, 0.1) is 0 Å². The van der Waals surface area contributed by atoms with Crippen molar-refractivity contribution in [3.63, 3.8) is 0 Å². The molecule has 68 valence electrons. The van der Waals surface area contributed by atoms with Gasteiger partial charge in [0.1, 0.15) is 0 Å². The number of carbonyl (C=O) groups is 1. The summed E-state index contributed by atoms with van der Waals surface area (Å²) < 4.78 is 5.73. The van der Waals surface area contributed by atoms with E-state index >= 15 is 0 Å². The molecule has 0 bridgehead atoms. The van der Waals surface area contributed by atoms with Gasteiger partial charge in [-0.2, -0.15) is 0 Å². The van der Waals surface area contributed by atoms with Crippen molar-refractivity contribution in [1.29, 1.82) is 0 Å². The van der Waals surface area contributed by atoms with Crippen LogP contribution in [0.3, 0.4) is 0 Å². The summed E-state index contributed by atoms with van der Waals surface area (Å²) in [7, 11) is 1.48. The van der Waals surface area contributed by atoms with E-state index in [-0.39, 0.29) is 0 Å². The molecule has 0 spiro atoms. The van der Waals surface area contributed by atoms with Crippen LogP contribution in [0.4, 0.5) is 4.79 Å². The van der Waals surface area contributed by atoms with E-state index in [1.165, 1.54) is 30.6 Å². The maximum atomic E-state index is 10.6. The quantitative estimate of drug-likeness (QED) is 0.515. The van der Waals surface area contributed by atoms with Crippen LogP contribution in [-0.4, -0.2) is 29.4 Å². The third kappa shape index (κ3) is 3.33. The first-order valence-corrected chi connectivity index (χ1v) is 5.10. The Kier molecular flexibility index (Phi) is 4.26. The molecule has 1 amide bonds. The zero-order valence-corrected chi connectivity index (χ0v) is 8.04. The minimum Gasteiger partial charge on any atom is -0.359 e. The number of carbonyl (C=O) groups excluding carboxylic acids is 1. The molecule has 0 aliphatic carbocycles. The second kappa shape index (κ2) is 5.28. The zero-order chi connectivity index (χ0) is 8.81. The summed E-state index contributed by atoms with van der Waals surface area (Å²) in [6, 6.07) is 0. The largest absolute Gasteiger partial charge is 0.433 e. The molecule has 0 radical (unpaired) electrons. The van der Waals surface area contributed by atoms with E-state index in [1.807, 2.05) is 0 Å². The molecular formula is C5H8N2O3S2. The summed E-state index contributed by atoms with van der Waals surface area (Å²) in [5, 5.41) is 5.89. The second-order valence-corrected chi connectivity index (χ2v) is 3.80. The van der Waals surface area contributed by atoms with Gasteiger partial charge >= 0.3 is 6.09 Å². The van der Waals surface area contributed by atoms with Gasteiger partial charge in [0.05, 0.1) is 11.9 Å². The van der Waals surface area contributed by atoms with E-state index < -0.39 is 6.09 Å². The molecule has 1 heterocycles. The standard InChI is InChI=1S/C5H8N2O3S2/c1-6-4(8)10-7-5-11-2-9-3-12-5/h2-3H2,1H3,(H,6,8). The van der Waals surface area contributed by atoms with E-state index in [0.29, 0.717) is 16.3 Å². The number of ether oxygens (including phenoxy) is 1. The van der Waals surface area contributed by atoms with E-state index in [4.69, 9.17) is 4.74 Å². The highest BCUT2D eigenvalue weighted by Gasteiger charge is 2.09. The Morgan fingerprint density at radius 2 is 2.33 bits per heavy atom. The van der Waals surface area contributed by atoms with E-state index in [1.54, 1.807) is 0 Å². The van der Waals surface area contributed by atoms with E-state index in [9.17, 15) is 4.79 Å². The molecule has 1 aliphatic rings. The van der Waals surface area contributed by atoms with Gasteiger partial charge in [0.25, 0.3) is 0 Å². The molecule has 1 fully saturated rings. The smallest absolute Gasteiger partial charge is 0.359 e. The lowest BCUT2D eigenvalue weighted by molar-refractivity contribution is 0.154. The van der Waals surface area contributed by atoms with Gasteiger partial charge in [0.15, 0.2) is 4.38 Å². The fourth-order valence-corrected chi connectivity index (χ4v) is 1.88. The average Bonchev–Trinajstić information content (AvgIpc) is 2.16. The molecule has 1 rings (SSSR count). The first-order chi connectivity index (χ1) is 5.83. The number of hydrogen-bond acceptors (Lipinski definition) is 6. The minimum absolute atomic E-state index is 0.558. The summed E-state index contributed by atoms with van der Waals surface area (Å²) in [5.74, 6) is 1.12. The fraction of sp³-hybridized carbons (Fsp3) is 0.600. The maximum Gasteiger partial charge on any atom is 0.433 e. The van der Waals surface area contributed by atoms with Gasteiger partial charge in [-0.3, -0.25) is 4.84 Å². The van der Waals surface area contributed by atoms with Crippen molar-refractivity contribution in [2.24, 2.45) is 5.16 Å². The van der Waals surface area contributed by atoms with Gasteiger partial charge < -0.3 is 10.1 Å². The molecule has 0 aromatic heterocycles. The lowest BCUT2D eigenvalue weighted by atomic mass is 11.1. The summed E-state index contributed by atoms with van der Waals surface area (Å²) >= 11 is 2.80. The number of oxime groups is 1. The first kappa shape index (κ1) is 9.69. The van der Waals surface area contributed by atoms with Crippen LogP contribution < -0.4 is 5.32 Å². The fourth-order valence-electron chi connectivity index (χ4n) is 0.437. The molecule has 1 saturated heterocycles. The predicted molar refractivity (Wildman–Crippen MR) is 49.0 cm³/mol. The SMILES string of the molecule is CNC(=O)ON=C1SCOCS1. The van der Waals surface area contributed by atoms with Gasteiger partial charge in [-0.25, -0.2) is 4.79 Å². The van der Waals surface area contributed by atoms with Gasteiger partial charge in [-0.05, 0) is 0 Å². The van der Waals surface area contributed by atoms with Gasteiger partial charge in [0, 0.05) is 7.05 Å². The Hall–Kier alpha value is -0.400. The Morgan fingerprint density at radius 3 is 2.92 bits per heavy atom. The molecule has 7 heteroatoms. The Bertz CT molecular complexity index is 189. The van der Waals surface area contributed by atoms with Crippen LogP contribution in [0.15, 0.2) is 5.16 Å². The molecular weight excluding hydrogens is 200 g/mol. The number of thioether (sulfide) groups is 2. The number of rotatable bonds is 1. The predicted octanol–water partition coefficient (Wildman–Crippen LogP) is 1.02. The van der Waals surface area contributed by atoms with Crippen LogP contribution in [0.1, 0.15) is 0 Å². The number of amides is 1. The van der Waals surface area contributed by atoms with Crippen LogP contribution in [0.2, 0.25) is 0 Å². The maximum absolute atomic E-state index is 10.6. The Morgan fingerprint density at radius 1 is 1.67 bits per heavy atom. The summed E-state index contributed by atoms with van der Waals surface area (Å²) in [6.07, 6.45) is -0.560. The normalized spacial score (nSPS) is 16.9. The van der Waals surface area contributed by atoms with E-state index in [2.05, 4.69) is 15.3 Å². The Labute approximate surface area is 78.2 Å². The average molecular weight is 208 g/mol. The van der Waals surface area contributed by atoms with Crippen molar-refractivity contribution in [2.45, 2.75) is 0 Å². The van der Waals surface area contributed by atoms with Crippen LogP contribution in [0.25, 0.3) is 0 Å². The summed E-state index contributed by atoms with van der Waals surface area (Å²) in [5.41, 5.74) is 0. The summed E-state index contributed by atoms with van der Waals surface area (Å²) in [6.45, 7) is 0. The molecule has 1 aliphatic heterocycles.